The van der Waals surface area contributed by atoms with Crippen LogP contribution in [0.15, 0.2) is 64.1 Å². The molecular formula is C21H21BrF2N2O2S. The fraction of sp³-hybridized carbons (Fsp3) is 0.286. The molecule has 1 aliphatic rings. The number of nitrogens with zero attached hydrogens (tertiary/aromatic N) is 1. The van der Waals surface area contributed by atoms with Gasteiger partial charge in [0.1, 0.15) is 23.9 Å². The van der Waals surface area contributed by atoms with Gasteiger partial charge in [-0.05, 0) is 37.1 Å². The van der Waals surface area contributed by atoms with Gasteiger partial charge >= 0.3 is 0 Å². The summed E-state index contributed by atoms with van der Waals surface area (Å²) in [6, 6.07) is 13.4. The first kappa shape index (κ1) is 21.6. The quantitative estimate of drug-likeness (QED) is 0.686. The number of halogens is 3. The normalized spacial score (nSPS) is 26.4. The summed E-state index contributed by atoms with van der Waals surface area (Å²) in [5.41, 5.74) is 5.54. The highest BCUT2D eigenvalue weighted by atomic mass is 79.9. The second-order valence-corrected chi connectivity index (χ2v) is 10.5. The molecule has 0 aromatic heterocycles. The zero-order valence-corrected chi connectivity index (χ0v) is 18.2. The summed E-state index contributed by atoms with van der Waals surface area (Å²) in [7, 11) is -4.09. The highest BCUT2D eigenvalue weighted by Crippen LogP contribution is 2.40. The molecule has 1 aliphatic heterocycles. The number of amidine groups is 1. The lowest BCUT2D eigenvalue weighted by molar-refractivity contribution is 0.406. The summed E-state index contributed by atoms with van der Waals surface area (Å²) in [5, 5.41) is 0. The first-order chi connectivity index (χ1) is 13.6. The van der Waals surface area contributed by atoms with Crippen LogP contribution in [-0.2, 0) is 15.4 Å². The second-order valence-electron chi connectivity index (χ2n) is 7.30. The minimum atomic E-state index is -4.09. The monoisotopic (exact) mass is 482 g/mol. The van der Waals surface area contributed by atoms with Crippen LogP contribution in [0.25, 0.3) is 6.08 Å². The van der Waals surface area contributed by atoms with Gasteiger partial charge in [0.15, 0.2) is 14.6 Å². The summed E-state index contributed by atoms with van der Waals surface area (Å²) in [5.74, 6) is -1.48. The van der Waals surface area contributed by atoms with Crippen LogP contribution in [0.1, 0.15) is 24.5 Å². The van der Waals surface area contributed by atoms with Crippen LogP contribution in [0.5, 0.6) is 0 Å². The van der Waals surface area contributed by atoms with Gasteiger partial charge in [-0.3, -0.25) is 4.99 Å². The van der Waals surface area contributed by atoms with Gasteiger partial charge in [-0.15, -0.1) is 0 Å². The first-order valence-corrected chi connectivity index (χ1v) is 11.4. The van der Waals surface area contributed by atoms with E-state index in [-0.39, 0.29) is 17.8 Å². The number of alkyl halides is 1. The van der Waals surface area contributed by atoms with E-state index in [1.165, 1.54) is 25.1 Å². The number of nitrogens with two attached hydrogens (primary N) is 1. The van der Waals surface area contributed by atoms with Gasteiger partial charge < -0.3 is 5.73 Å². The SMILES string of the molecule is C[C@@]1(c2cc(Br)ccc2F)CS(=O)(=O)[C@](CF)(CC=Cc2ccccc2)C(N)=N1. The molecule has 0 aliphatic carbocycles. The van der Waals surface area contributed by atoms with Gasteiger partial charge in [-0.1, -0.05) is 58.4 Å². The predicted molar refractivity (Wildman–Crippen MR) is 116 cm³/mol. The van der Waals surface area contributed by atoms with E-state index in [2.05, 4.69) is 20.9 Å². The lowest BCUT2D eigenvalue weighted by Gasteiger charge is -2.40. The first-order valence-electron chi connectivity index (χ1n) is 8.95. The molecular weight excluding hydrogens is 462 g/mol. The summed E-state index contributed by atoms with van der Waals surface area (Å²) < 4.78 is 53.6. The molecule has 0 spiro atoms. The van der Waals surface area contributed by atoms with Crippen molar-refractivity contribution in [3.63, 3.8) is 0 Å². The Labute approximate surface area is 177 Å². The summed E-state index contributed by atoms with van der Waals surface area (Å²) in [6.07, 6.45) is 3.13. The molecule has 1 heterocycles. The van der Waals surface area contributed by atoms with Crippen molar-refractivity contribution < 1.29 is 17.2 Å². The lowest BCUT2D eigenvalue weighted by Crippen LogP contribution is -2.59. The fourth-order valence-electron chi connectivity index (χ4n) is 3.50. The molecule has 0 amide bonds. The largest absolute Gasteiger partial charge is 0.386 e. The molecule has 29 heavy (non-hydrogen) atoms. The lowest BCUT2D eigenvalue weighted by atomic mass is 9.92. The third-order valence-electron chi connectivity index (χ3n) is 5.18. The molecule has 0 unspecified atom stereocenters. The number of benzene rings is 2. The van der Waals surface area contributed by atoms with Gasteiger partial charge in [0, 0.05) is 10.0 Å². The maximum Gasteiger partial charge on any atom is 0.168 e. The van der Waals surface area contributed by atoms with E-state index in [4.69, 9.17) is 5.73 Å². The third kappa shape index (κ3) is 4.00. The van der Waals surface area contributed by atoms with Crippen molar-refractivity contribution in [2.45, 2.75) is 23.6 Å². The molecule has 2 aromatic carbocycles. The van der Waals surface area contributed by atoms with Crippen LogP contribution in [0, 0.1) is 5.82 Å². The van der Waals surface area contributed by atoms with Crippen LogP contribution < -0.4 is 5.73 Å². The standard InChI is InChI=1S/C21H21BrF2N2O2S/c1-20(17-12-16(22)9-10-18(17)24)14-29(27,28)21(13-23,19(25)26-20)11-5-8-15-6-3-2-4-7-15/h2-10,12H,11,13-14H2,1H3,(H2,25,26)/t20-,21-/m0/s1. The smallest absolute Gasteiger partial charge is 0.168 e. The minimum absolute atomic E-state index is 0.0886. The number of aliphatic imine (C=N–C) groups is 1. The van der Waals surface area contributed by atoms with Crippen molar-refractivity contribution in [1.82, 2.24) is 0 Å². The molecule has 2 N–H and O–H groups in total. The molecule has 0 bridgehead atoms. The van der Waals surface area contributed by atoms with Crippen molar-refractivity contribution in [1.29, 1.82) is 0 Å². The Morgan fingerprint density at radius 1 is 1.24 bits per heavy atom. The Kier molecular flexibility index (Phi) is 5.96. The molecule has 0 saturated heterocycles. The van der Waals surface area contributed by atoms with E-state index in [9.17, 15) is 17.2 Å². The zero-order chi connectivity index (χ0) is 21.3. The van der Waals surface area contributed by atoms with Crippen molar-refractivity contribution >= 4 is 37.7 Å². The van der Waals surface area contributed by atoms with E-state index in [0.29, 0.717) is 4.47 Å². The molecule has 8 heteroatoms. The molecule has 3 rings (SSSR count). The van der Waals surface area contributed by atoms with Crippen molar-refractivity contribution in [2.75, 3.05) is 12.4 Å². The fourth-order valence-corrected chi connectivity index (χ4v) is 5.98. The van der Waals surface area contributed by atoms with Gasteiger partial charge in [-0.2, -0.15) is 0 Å². The molecule has 154 valence electrons. The number of sulfone groups is 1. The van der Waals surface area contributed by atoms with E-state index in [1.807, 2.05) is 30.3 Å². The van der Waals surface area contributed by atoms with Gasteiger partial charge in [0.05, 0.1) is 5.75 Å². The van der Waals surface area contributed by atoms with Gasteiger partial charge in [0.25, 0.3) is 0 Å². The highest BCUT2D eigenvalue weighted by molar-refractivity contribution is 9.10. The molecule has 4 nitrogen and oxygen atoms in total. The van der Waals surface area contributed by atoms with Gasteiger partial charge in [0.2, 0.25) is 0 Å². The molecule has 0 fully saturated rings. The number of hydrogen-bond donors (Lipinski definition) is 1. The highest BCUT2D eigenvalue weighted by Gasteiger charge is 2.54. The number of rotatable bonds is 5. The van der Waals surface area contributed by atoms with Crippen LogP contribution in [0.2, 0.25) is 0 Å². The van der Waals surface area contributed by atoms with Gasteiger partial charge in [-0.25, -0.2) is 17.2 Å². The van der Waals surface area contributed by atoms with Crippen LogP contribution >= 0.6 is 15.9 Å². The Balaban J connectivity index is 2.03. The van der Waals surface area contributed by atoms with E-state index in [0.717, 1.165) is 5.56 Å². The predicted octanol–water partition coefficient (Wildman–Crippen LogP) is 4.40. The van der Waals surface area contributed by atoms with E-state index < -0.39 is 38.4 Å². The summed E-state index contributed by atoms with van der Waals surface area (Å²) >= 11 is 3.26. The average molecular weight is 483 g/mol. The number of allylic oxidation sites excluding steroid dienone is 1. The second kappa shape index (κ2) is 7.99. The van der Waals surface area contributed by atoms with E-state index >= 15 is 0 Å². The maximum atomic E-state index is 14.4. The molecule has 0 radical (unpaired) electrons. The zero-order valence-electron chi connectivity index (χ0n) is 15.8. The van der Waals surface area contributed by atoms with Crippen molar-refractivity contribution in [3.8, 4) is 0 Å². The minimum Gasteiger partial charge on any atom is -0.386 e. The molecule has 2 atom stereocenters. The Morgan fingerprint density at radius 2 is 1.93 bits per heavy atom. The van der Waals surface area contributed by atoms with Crippen LogP contribution in [0.3, 0.4) is 0 Å². The average Bonchev–Trinajstić information content (AvgIpc) is 2.66. The Morgan fingerprint density at radius 3 is 2.55 bits per heavy atom. The van der Waals surface area contributed by atoms with Crippen LogP contribution in [-0.4, -0.2) is 31.4 Å². The van der Waals surface area contributed by atoms with Crippen molar-refractivity contribution in [2.24, 2.45) is 10.7 Å². The maximum absolute atomic E-state index is 14.4. The third-order valence-corrected chi connectivity index (χ3v) is 8.29. The Hall–Kier alpha value is -2.06. The van der Waals surface area contributed by atoms with E-state index in [1.54, 1.807) is 12.2 Å². The van der Waals surface area contributed by atoms with Crippen molar-refractivity contribution in [3.05, 3.63) is 76.0 Å². The Bertz CT molecular complexity index is 1070. The summed E-state index contributed by atoms with van der Waals surface area (Å²) in [6.45, 7) is 0.283. The molecule has 0 saturated carbocycles. The molecule has 2 aromatic rings. The topological polar surface area (TPSA) is 72.5 Å². The van der Waals surface area contributed by atoms with Crippen LogP contribution in [0.4, 0.5) is 8.78 Å². The number of hydrogen-bond acceptors (Lipinski definition) is 4. The summed E-state index contributed by atoms with van der Waals surface area (Å²) in [4.78, 5) is 4.31.